The third kappa shape index (κ3) is 3.81. The van der Waals surface area contributed by atoms with Gasteiger partial charge in [0.15, 0.2) is 0 Å². The first-order valence-corrected chi connectivity index (χ1v) is 10.2. The SMILES string of the molecule is CN(C)c1ccc(NC(=O)OCCCCN2C(=O)C3C4CCC(O4)C3C2=O)cc1. The maximum absolute atomic E-state index is 12.6. The van der Waals surface area contributed by atoms with E-state index in [1.54, 1.807) is 0 Å². The van der Waals surface area contributed by atoms with Crippen LogP contribution in [0.3, 0.4) is 0 Å². The molecule has 1 N–H and O–H groups in total. The Morgan fingerprint density at radius 1 is 1.10 bits per heavy atom. The highest BCUT2D eigenvalue weighted by atomic mass is 16.5. The van der Waals surface area contributed by atoms with Crippen molar-refractivity contribution in [3.8, 4) is 0 Å². The normalized spacial score (nSPS) is 27.3. The predicted molar refractivity (Wildman–Crippen MR) is 107 cm³/mol. The highest BCUT2D eigenvalue weighted by molar-refractivity contribution is 6.06. The zero-order valence-electron chi connectivity index (χ0n) is 16.8. The van der Waals surface area contributed by atoms with Crippen molar-refractivity contribution >= 4 is 29.3 Å². The molecule has 0 radical (unpaired) electrons. The topological polar surface area (TPSA) is 88.2 Å². The van der Waals surface area contributed by atoms with Crippen LogP contribution >= 0.6 is 0 Å². The minimum absolute atomic E-state index is 0.0785. The number of imide groups is 1. The molecule has 29 heavy (non-hydrogen) atoms. The van der Waals surface area contributed by atoms with E-state index in [-0.39, 0.29) is 42.5 Å². The van der Waals surface area contributed by atoms with Crippen LogP contribution in [0.4, 0.5) is 16.2 Å². The Morgan fingerprint density at radius 3 is 2.31 bits per heavy atom. The summed E-state index contributed by atoms with van der Waals surface area (Å²) in [5, 5.41) is 2.69. The van der Waals surface area contributed by atoms with Crippen LogP contribution in [0.2, 0.25) is 0 Å². The summed E-state index contributed by atoms with van der Waals surface area (Å²) >= 11 is 0. The monoisotopic (exact) mass is 401 g/mol. The summed E-state index contributed by atoms with van der Waals surface area (Å²) in [5.41, 5.74) is 1.70. The van der Waals surface area contributed by atoms with Crippen molar-refractivity contribution in [3.05, 3.63) is 24.3 Å². The average molecular weight is 401 g/mol. The summed E-state index contributed by atoms with van der Waals surface area (Å²) in [6.07, 6.45) is 2.27. The standard InChI is InChI=1S/C21H27N3O5/c1-23(2)14-7-5-13(6-8-14)22-21(27)28-12-4-3-11-24-19(25)17-15-9-10-16(29-15)18(17)20(24)26/h5-8,15-18H,3-4,9-12H2,1-2H3,(H,22,27). The van der Waals surface area contributed by atoms with Gasteiger partial charge in [0.25, 0.3) is 0 Å². The number of unbranched alkanes of at least 4 members (excludes halogenated alkanes) is 1. The first-order chi connectivity index (χ1) is 14.0. The van der Waals surface area contributed by atoms with E-state index in [0.29, 0.717) is 25.1 Å². The smallest absolute Gasteiger partial charge is 0.411 e. The van der Waals surface area contributed by atoms with Gasteiger partial charge in [-0.25, -0.2) is 4.79 Å². The Hall–Kier alpha value is -2.61. The largest absolute Gasteiger partial charge is 0.449 e. The lowest BCUT2D eigenvalue weighted by molar-refractivity contribution is -0.142. The molecule has 2 bridgehead atoms. The number of carbonyl (C=O) groups is 3. The second kappa shape index (κ2) is 8.02. The molecule has 3 aliphatic rings. The van der Waals surface area contributed by atoms with Gasteiger partial charge in [-0.2, -0.15) is 0 Å². The van der Waals surface area contributed by atoms with Crippen LogP contribution in [-0.4, -0.2) is 62.3 Å². The maximum Gasteiger partial charge on any atom is 0.411 e. The fourth-order valence-corrected chi connectivity index (χ4v) is 4.53. The Balaban J connectivity index is 1.16. The molecule has 156 valence electrons. The molecular weight excluding hydrogens is 374 g/mol. The van der Waals surface area contributed by atoms with Crippen molar-refractivity contribution < 1.29 is 23.9 Å². The number of hydrogen-bond acceptors (Lipinski definition) is 6. The van der Waals surface area contributed by atoms with Gasteiger partial charge >= 0.3 is 6.09 Å². The first-order valence-electron chi connectivity index (χ1n) is 10.2. The molecule has 0 saturated carbocycles. The van der Waals surface area contributed by atoms with Gasteiger partial charge in [0.2, 0.25) is 11.8 Å². The summed E-state index contributed by atoms with van der Waals surface area (Å²) < 4.78 is 10.9. The number of anilines is 2. The lowest BCUT2D eigenvalue weighted by Gasteiger charge is -2.17. The van der Waals surface area contributed by atoms with Gasteiger partial charge in [0.05, 0.1) is 30.7 Å². The van der Waals surface area contributed by atoms with Crippen molar-refractivity contribution in [2.24, 2.45) is 11.8 Å². The molecule has 0 aliphatic carbocycles. The fourth-order valence-electron chi connectivity index (χ4n) is 4.53. The van der Waals surface area contributed by atoms with Crippen molar-refractivity contribution in [3.63, 3.8) is 0 Å². The number of likely N-dealkylation sites (tertiary alicyclic amines) is 1. The average Bonchev–Trinajstić information content (AvgIpc) is 3.37. The molecule has 3 fully saturated rings. The van der Waals surface area contributed by atoms with E-state index in [9.17, 15) is 14.4 Å². The van der Waals surface area contributed by atoms with E-state index in [1.807, 2.05) is 43.3 Å². The van der Waals surface area contributed by atoms with E-state index in [2.05, 4.69) is 5.32 Å². The predicted octanol–water partition coefficient (Wildman–Crippen LogP) is 2.24. The summed E-state index contributed by atoms with van der Waals surface area (Å²) in [6, 6.07) is 7.45. The number of nitrogens with zero attached hydrogens (tertiary/aromatic N) is 2. The molecule has 3 aliphatic heterocycles. The van der Waals surface area contributed by atoms with Crippen molar-refractivity contribution in [1.29, 1.82) is 0 Å². The molecule has 3 saturated heterocycles. The first kappa shape index (κ1) is 19.7. The number of nitrogens with one attached hydrogen (secondary N) is 1. The maximum atomic E-state index is 12.6. The third-order valence-corrected chi connectivity index (χ3v) is 6.01. The molecule has 3 heterocycles. The Labute approximate surface area is 170 Å². The third-order valence-electron chi connectivity index (χ3n) is 6.01. The number of hydrogen-bond donors (Lipinski definition) is 1. The van der Waals surface area contributed by atoms with Crippen LogP contribution in [0.15, 0.2) is 24.3 Å². The number of ether oxygens (including phenoxy) is 2. The number of fused-ring (bicyclic) bond motifs is 5. The number of rotatable bonds is 7. The minimum Gasteiger partial charge on any atom is -0.449 e. The van der Waals surface area contributed by atoms with Crippen molar-refractivity contribution in [2.75, 3.05) is 37.5 Å². The van der Waals surface area contributed by atoms with Gasteiger partial charge in [0.1, 0.15) is 0 Å². The molecule has 4 atom stereocenters. The molecule has 0 spiro atoms. The van der Waals surface area contributed by atoms with Gasteiger partial charge in [-0.1, -0.05) is 0 Å². The van der Waals surface area contributed by atoms with Gasteiger partial charge in [-0.15, -0.1) is 0 Å². The van der Waals surface area contributed by atoms with E-state index < -0.39 is 6.09 Å². The second-order valence-corrected chi connectivity index (χ2v) is 8.08. The quantitative estimate of drug-likeness (QED) is 0.557. The summed E-state index contributed by atoms with van der Waals surface area (Å²) in [7, 11) is 3.90. The minimum atomic E-state index is -0.515. The van der Waals surface area contributed by atoms with Crippen molar-refractivity contribution in [1.82, 2.24) is 4.90 Å². The summed E-state index contributed by atoms with van der Waals surface area (Å²) in [4.78, 5) is 40.4. The Kier molecular flexibility index (Phi) is 5.45. The van der Waals surface area contributed by atoms with E-state index in [4.69, 9.17) is 9.47 Å². The molecular formula is C21H27N3O5. The zero-order chi connectivity index (χ0) is 20.5. The zero-order valence-corrected chi connectivity index (χ0v) is 16.8. The van der Waals surface area contributed by atoms with Crippen LogP contribution in [0, 0.1) is 11.8 Å². The van der Waals surface area contributed by atoms with Crippen LogP contribution in [0.1, 0.15) is 25.7 Å². The second-order valence-electron chi connectivity index (χ2n) is 8.08. The summed E-state index contributed by atoms with van der Waals surface area (Å²) in [5.74, 6) is -0.733. The lowest BCUT2D eigenvalue weighted by atomic mass is 9.81. The van der Waals surface area contributed by atoms with Crippen LogP contribution in [0.25, 0.3) is 0 Å². The summed E-state index contributed by atoms with van der Waals surface area (Å²) in [6.45, 7) is 0.611. The van der Waals surface area contributed by atoms with Crippen molar-refractivity contribution in [2.45, 2.75) is 37.9 Å². The van der Waals surface area contributed by atoms with Gasteiger partial charge in [-0.3, -0.25) is 19.8 Å². The number of amides is 3. The molecule has 3 amide bonds. The van der Waals surface area contributed by atoms with E-state index >= 15 is 0 Å². The van der Waals surface area contributed by atoms with Crippen LogP contribution in [0.5, 0.6) is 0 Å². The molecule has 8 nitrogen and oxygen atoms in total. The van der Waals surface area contributed by atoms with Crippen LogP contribution in [-0.2, 0) is 19.1 Å². The van der Waals surface area contributed by atoms with Crippen LogP contribution < -0.4 is 10.2 Å². The molecule has 1 aromatic rings. The molecule has 1 aromatic carbocycles. The Morgan fingerprint density at radius 2 is 1.72 bits per heavy atom. The van der Waals surface area contributed by atoms with Gasteiger partial charge in [0, 0.05) is 32.0 Å². The molecule has 4 rings (SSSR count). The molecule has 0 aromatic heterocycles. The van der Waals surface area contributed by atoms with E-state index in [1.165, 1.54) is 4.90 Å². The highest BCUT2D eigenvalue weighted by Gasteiger charge is 2.62. The number of benzene rings is 1. The van der Waals surface area contributed by atoms with E-state index in [0.717, 1.165) is 18.5 Å². The lowest BCUT2D eigenvalue weighted by Crippen LogP contribution is -2.35. The highest BCUT2D eigenvalue weighted by Crippen LogP contribution is 2.48. The van der Waals surface area contributed by atoms with Gasteiger partial charge in [-0.05, 0) is 49.9 Å². The number of carbonyl (C=O) groups excluding carboxylic acids is 3. The molecule has 4 unspecified atom stereocenters. The molecule has 8 heteroatoms. The fraction of sp³-hybridized carbons (Fsp3) is 0.571. The Bertz CT molecular complexity index is 766. The van der Waals surface area contributed by atoms with Gasteiger partial charge < -0.3 is 14.4 Å².